The van der Waals surface area contributed by atoms with Crippen LogP contribution in [0, 0.1) is 0 Å². The van der Waals surface area contributed by atoms with Gasteiger partial charge in [0, 0.05) is 30.5 Å². The Balaban J connectivity index is 1.76. The lowest BCUT2D eigenvalue weighted by Crippen LogP contribution is -2.37. The van der Waals surface area contributed by atoms with E-state index < -0.39 is 6.04 Å². The Morgan fingerprint density at radius 3 is 2.33 bits per heavy atom. The molecular formula is C28H28N2O6. The minimum atomic E-state index is -0.701. The highest BCUT2D eigenvalue weighted by Gasteiger charge is 2.42. The number of carbonyl (C=O) groups excluding carboxylic acids is 2. The first kappa shape index (κ1) is 23.5. The van der Waals surface area contributed by atoms with Crippen LogP contribution < -0.4 is 24.4 Å². The lowest BCUT2D eigenvalue weighted by atomic mass is 9.80. The number of furan rings is 1. The molecule has 8 nitrogen and oxygen atoms in total. The molecule has 0 saturated carbocycles. The molecule has 3 aromatic rings. The number of benzene rings is 2. The Morgan fingerprint density at radius 1 is 1.00 bits per heavy atom. The van der Waals surface area contributed by atoms with Crippen molar-refractivity contribution in [1.82, 2.24) is 0 Å². The molecule has 0 spiro atoms. The summed E-state index contributed by atoms with van der Waals surface area (Å²) in [5.74, 6) is 1.74. The standard InChI is InChI=1S/C28H28N2O6/c1-16(31)30-21-9-6-5-8-19(21)29-20-12-17(23-10-7-11-36-23)13-22(32)26(20)27(30)18-14-24(33-2)28(35-4)25(15-18)34-3/h5-11,14-15,17,27,29H,12-13H2,1-4H3/t17-,27+/m1/s1. The second kappa shape index (κ2) is 9.45. The van der Waals surface area contributed by atoms with Crippen molar-refractivity contribution in [3.8, 4) is 17.2 Å². The van der Waals surface area contributed by atoms with Crippen molar-refractivity contribution in [3.63, 3.8) is 0 Å². The van der Waals surface area contributed by atoms with Gasteiger partial charge < -0.3 is 23.9 Å². The number of nitrogens with one attached hydrogen (secondary N) is 1. The van der Waals surface area contributed by atoms with Gasteiger partial charge in [-0.1, -0.05) is 12.1 Å². The smallest absolute Gasteiger partial charge is 0.224 e. The van der Waals surface area contributed by atoms with Gasteiger partial charge in [-0.15, -0.1) is 0 Å². The fraction of sp³-hybridized carbons (Fsp3) is 0.286. The van der Waals surface area contributed by atoms with Gasteiger partial charge in [0.05, 0.1) is 45.0 Å². The van der Waals surface area contributed by atoms with Gasteiger partial charge in [-0.2, -0.15) is 0 Å². The molecule has 0 bridgehead atoms. The van der Waals surface area contributed by atoms with Crippen molar-refractivity contribution in [2.45, 2.75) is 31.7 Å². The number of nitrogens with zero attached hydrogens (tertiary/aromatic N) is 1. The quantitative estimate of drug-likeness (QED) is 0.526. The average molecular weight is 489 g/mol. The van der Waals surface area contributed by atoms with E-state index in [1.54, 1.807) is 23.3 Å². The monoisotopic (exact) mass is 488 g/mol. The van der Waals surface area contributed by atoms with Crippen molar-refractivity contribution in [3.05, 3.63) is 77.4 Å². The molecule has 8 heteroatoms. The van der Waals surface area contributed by atoms with Crippen molar-refractivity contribution >= 4 is 23.1 Å². The first-order chi connectivity index (χ1) is 17.5. The van der Waals surface area contributed by atoms with Gasteiger partial charge in [-0.25, -0.2) is 0 Å². The van der Waals surface area contributed by atoms with E-state index in [4.69, 9.17) is 18.6 Å². The summed E-state index contributed by atoms with van der Waals surface area (Å²) in [4.78, 5) is 28.7. The minimum absolute atomic E-state index is 0.0528. The molecule has 5 rings (SSSR count). The number of hydrogen-bond donors (Lipinski definition) is 1. The van der Waals surface area contributed by atoms with Crippen molar-refractivity contribution in [2.75, 3.05) is 31.5 Å². The molecule has 186 valence electrons. The van der Waals surface area contributed by atoms with E-state index in [1.807, 2.05) is 36.4 Å². The normalized spacial score (nSPS) is 19.1. The van der Waals surface area contributed by atoms with Gasteiger partial charge in [-0.05, 0) is 48.4 Å². The minimum Gasteiger partial charge on any atom is -0.493 e. The molecule has 2 atom stereocenters. The first-order valence-electron chi connectivity index (χ1n) is 11.7. The third kappa shape index (κ3) is 3.88. The number of ketones is 1. The number of rotatable bonds is 5. The average Bonchev–Trinajstić information content (AvgIpc) is 3.37. The molecule has 0 unspecified atom stereocenters. The summed E-state index contributed by atoms with van der Waals surface area (Å²) in [6, 6.07) is 14.2. The second-order valence-corrected chi connectivity index (χ2v) is 8.83. The van der Waals surface area contributed by atoms with E-state index in [9.17, 15) is 9.59 Å². The van der Waals surface area contributed by atoms with Crippen LogP contribution in [-0.2, 0) is 9.59 Å². The van der Waals surface area contributed by atoms with Gasteiger partial charge in [0.2, 0.25) is 11.7 Å². The highest BCUT2D eigenvalue weighted by Crippen LogP contribution is 2.49. The number of amides is 1. The van der Waals surface area contributed by atoms with Crippen LogP contribution in [-0.4, -0.2) is 33.0 Å². The number of carbonyl (C=O) groups is 2. The number of Topliss-reactive ketones (excluding diaryl/α,β-unsaturated/α-hetero) is 1. The van der Waals surface area contributed by atoms with Crippen molar-refractivity contribution in [1.29, 1.82) is 0 Å². The van der Waals surface area contributed by atoms with Crippen LogP contribution in [0.25, 0.3) is 0 Å². The molecule has 2 aliphatic rings. The number of methoxy groups -OCH3 is 3. The highest BCUT2D eigenvalue weighted by molar-refractivity contribution is 6.06. The largest absolute Gasteiger partial charge is 0.493 e. The maximum Gasteiger partial charge on any atom is 0.224 e. The van der Waals surface area contributed by atoms with E-state index in [0.717, 1.165) is 17.1 Å². The molecule has 0 saturated heterocycles. The Kier molecular flexibility index (Phi) is 6.18. The molecule has 1 aromatic heterocycles. The number of allylic oxidation sites excluding steroid dienone is 1. The van der Waals surface area contributed by atoms with Crippen LogP contribution >= 0.6 is 0 Å². The molecule has 36 heavy (non-hydrogen) atoms. The number of hydrogen-bond acceptors (Lipinski definition) is 7. The maximum absolute atomic E-state index is 13.9. The molecule has 0 fully saturated rings. The fourth-order valence-corrected chi connectivity index (χ4v) is 5.24. The third-order valence-corrected chi connectivity index (χ3v) is 6.78. The molecular weight excluding hydrogens is 460 g/mol. The lowest BCUT2D eigenvalue weighted by Gasteiger charge is -2.34. The van der Waals surface area contributed by atoms with E-state index in [0.29, 0.717) is 40.5 Å². The fourth-order valence-electron chi connectivity index (χ4n) is 5.24. The van der Waals surface area contributed by atoms with E-state index in [2.05, 4.69) is 5.32 Å². The van der Waals surface area contributed by atoms with Gasteiger partial charge in [0.15, 0.2) is 17.3 Å². The molecule has 2 heterocycles. The summed E-state index contributed by atoms with van der Waals surface area (Å²) >= 11 is 0. The summed E-state index contributed by atoms with van der Waals surface area (Å²) in [7, 11) is 4.62. The summed E-state index contributed by atoms with van der Waals surface area (Å²) in [5.41, 5.74) is 3.42. The Hall–Kier alpha value is -4.20. The summed E-state index contributed by atoms with van der Waals surface area (Å²) in [6.07, 6.45) is 2.46. The van der Waals surface area contributed by atoms with Crippen LogP contribution in [0.1, 0.15) is 43.0 Å². The molecule has 1 N–H and O–H groups in total. The molecule has 0 radical (unpaired) electrons. The molecule has 2 aromatic carbocycles. The van der Waals surface area contributed by atoms with E-state index in [1.165, 1.54) is 28.3 Å². The van der Waals surface area contributed by atoms with Crippen LogP contribution in [0.5, 0.6) is 17.2 Å². The Labute approximate surface area is 209 Å². The SMILES string of the molecule is COc1cc([C@H]2C3=C(C[C@@H](c4ccco4)CC3=O)Nc3ccccc3N2C(C)=O)cc(OC)c1OC. The topological polar surface area (TPSA) is 90.2 Å². The van der Waals surface area contributed by atoms with Gasteiger partial charge in [-0.3, -0.25) is 14.5 Å². The van der Waals surface area contributed by atoms with Crippen molar-refractivity contribution in [2.24, 2.45) is 0 Å². The highest BCUT2D eigenvalue weighted by atomic mass is 16.5. The lowest BCUT2D eigenvalue weighted by molar-refractivity contribution is -0.117. The van der Waals surface area contributed by atoms with E-state index in [-0.39, 0.29) is 24.0 Å². The van der Waals surface area contributed by atoms with Crippen LogP contribution in [0.2, 0.25) is 0 Å². The summed E-state index contributed by atoms with van der Waals surface area (Å²) in [5, 5.41) is 3.48. The predicted molar refractivity (Wildman–Crippen MR) is 135 cm³/mol. The van der Waals surface area contributed by atoms with Gasteiger partial charge in [0.1, 0.15) is 5.76 Å². The van der Waals surface area contributed by atoms with Crippen LogP contribution in [0.4, 0.5) is 11.4 Å². The predicted octanol–water partition coefficient (Wildman–Crippen LogP) is 5.23. The maximum atomic E-state index is 13.9. The zero-order chi connectivity index (χ0) is 25.4. The number of ether oxygens (including phenoxy) is 3. The molecule has 1 amide bonds. The van der Waals surface area contributed by atoms with Crippen molar-refractivity contribution < 1.29 is 28.2 Å². The van der Waals surface area contributed by atoms with Crippen LogP contribution in [0.15, 0.2) is 70.5 Å². The van der Waals surface area contributed by atoms with Gasteiger partial charge in [0.25, 0.3) is 0 Å². The Morgan fingerprint density at radius 2 is 1.72 bits per heavy atom. The zero-order valence-corrected chi connectivity index (χ0v) is 20.7. The van der Waals surface area contributed by atoms with E-state index >= 15 is 0 Å². The second-order valence-electron chi connectivity index (χ2n) is 8.83. The molecule has 1 aliphatic carbocycles. The summed E-state index contributed by atoms with van der Waals surface area (Å²) in [6.45, 7) is 1.51. The van der Waals surface area contributed by atoms with Gasteiger partial charge >= 0.3 is 0 Å². The first-order valence-corrected chi connectivity index (χ1v) is 11.7. The summed E-state index contributed by atoms with van der Waals surface area (Å²) < 4.78 is 22.3. The molecule has 1 aliphatic heterocycles. The Bertz CT molecular complexity index is 1320. The third-order valence-electron chi connectivity index (χ3n) is 6.78. The number of fused-ring (bicyclic) bond motifs is 1. The number of para-hydroxylation sites is 2. The van der Waals surface area contributed by atoms with Crippen LogP contribution in [0.3, 0.4) is 0 Å². The zero-order valence-electron chi connectivity index (χ0n) is 20.7. The number of anilines is 2.